The molecule has 84 valence electrons. The van der Waals surface area contributed by atoms with Crippen LogP contribution >= 0.6 is 0 Å². The zero-order chi connectivity index (χ0) is 10.7. The molecule has 0 aliphatic heterocycles. The molecule has 1 aromatic heterocycles. The SMILES string of the molecule is CC(C)C(CNC1CC1)Cc1ccco1. The highest BCUT2D eigenvalue weighted by atomic mass is 16.3. The van der Waals surface area contributed by atoms with Crippen molar-refractivity contribution in [3.8, 4) is 0 Å². The quantitative estimate of drug-likeness (QED) is 0.776. The van der Waals surface area contributed by atoms with Crippen LogP contribution in [0.2, 0.25) is 0 Å². The molecule has 1 aliphatic rings. The van der Waals surface area contributed by atoms with Gasteiger partial charge in [0.15, 0.2) is 0 Å². The molecule has 2 nitrogen and oxygen atoms in total. The topological polar surface area (TPSA) is 25.2 Å². The molecule has 0 bridgehead atoms. The van der Waals surface area contributed by atoms with Crippen molar-refractivity contribution in [1.82, 2.24) is 5.32 Å². The monoisotopic (exact) mass is 207 g/mol. The van der Waals surface area contributed by atoms with E-state index in [-0.39, 0.29) is 0 Å². The largest absolute Gasteiger partial charge is 0.469 e. The Hall–Kier alpha value is -0.760. The minimum Gasteiger partial charge on any atom is -0.469 e. The average molecular weight is 207 g/mol. The average Bonchev–Trinajstić information content (AvgIpc) is 2.89. The van der Waals surface area contributed by atoms with E-state index < -0.39 is 0 Å². The molecule has 0 spiro atoms. The van der Waals surface area contributed by atoms with Crippen LogP contribution in [0.5, 0.6) is 0 Å². The van der Waals surface area contributed by atoms with E-state index in [1.807, 2.05) is 6.07 Å². The van der Waals surface area contributed by atoms with Crippen LogP contribution in [-0.4, -0.2) is 12.6 Å². The maximum Gasteiger partial charge on any atom is 0.104 e. The molecule has 1 N–H and O–H groups in total. The van der Waals surface area contributed by atoms with E-state index >= 15 is 0 Å². The molecule has 0 amide bonds. The molecule has 0 saturated heterocycles. The van der Waals surface area contributed by atoms with Crippen LogP contribution in [0.4, 0.5) is 0 Å². The van der Waals surface area contributed by atoms with Crippen LogP contribution in [0.15, 0.2) is 22.8 Å². The van der Waals surface area contributed by atoms with Crippen molar-refractivity contribution >= 4 is 0 Å². The van der Waals surface area contributed by atoms with Gasteiger partial charge in [-0.15, -0.1) is 0 Å². The normalized spacial score (nSPS) is 18.3. The van der Waals surface area contributed by atoms with Gasteiger partial charge in [0.25, 0.3) is 0 Å². The predicted molar refractivity (Wildman–Crippen MR) is 61.8 cm³/mol. The summed E-state index contributed by atoms with van der Waals surface area (Å²) in [5, 5.41) is 3.61. The summed E-state index contributed by atoms with van der Waals surface area (Å²) in [7, 11) is 0. The first-order chi connectivity index (χ1) is 7.25. The van der Waals surface area contributed by atoms with Crippen molar-refractivity contribution < 1.29 is 4.42 Å². The van der Waals surface area contributed by atoms with Gasteiger partial charge in [-0.05, 0) is 43.4 Å². The molecule has 0 radical (unpaired) electrons. The molecule has 0 aromatic carbocycles. The van der Waals surface area contributed by atoms with Gasteiger partial charge in [0.2, 0.25) is 0 Å². The van der Waals surface area contributed by atoms with Gasteiger partial charge in [-0.25, -0.2) is 0 Å². The van der Waals surface area contributed by atoms with Gasteiger partial charge in [0, 0.05) is 12.5 Å². The van der Waals surface area contributed by atoms with Crippen LogP contribution in [0.1, 0.15) is 32.4 Å². The Labute approximate surface area is 92.1 Å². The third kappa shape index (κ3) is 3.38. The second kappa shape index (κ2) is 4.84. The zero-order valence-electron chi connectivity index (χ0n) is 9.70. The van der Waals surface area contributed by atoms with E-state index in [9.17, 15) is 0 Å². The molecular formula is C13H21NO. The highest BCUT2D eigenvalue weighted by Crippen LogP contribution is 2.22. The summed E-state index contributed by atoms with van der Waals surface area (Å²) in [4.78, 5) is 0. The Bertz CT molecular complexity index is 275. The lowest BCUT2D eigenvalue weighted by Crippen LogP contribution is -2.29. The summed E-state index contributed by atoms with van der Waals surface area (Å²) in [5.41, 5.74) is 0. The van der Waals surface area contributed by atoms with Crippen LogP contribution in [0, 0.1) is 11.8 Å². The molecule has 1 saturated carbocycles. The lowest BCUT2D eigenvalue weighted by Gasteiger charge is -2.20. The third-order valence-electron chi connectivity index (χ3n) is 3.23. The lowest BCUT2D eigenvalue weighted by molar-refractivity contribution is 0.334. The number of furan rings is 1. The van der Waals surface area contributed by atoms with Crippen molar-refractivity contribution in [2.75, 3.05) is 6.54 Å². The maximum atomic E-state index is 5.41. The lowest BCUT2D eigenvalue weighted by atomic mass is 9.91. The van der Waals surface area contributed by atoms with E-state index in [0.29, 0.717) is 11.8 Å². The minimum atomic E-state index is 0.691. The van der Waals surface area contributed by atoms with E-state index in [4.69, 9.17) is 4.42 Å². The Morgan fingerprint density at radius 2 is 2.27 bits per heavy atom. The fraction of sp³-hybridized carbons (Fsp3) is 0.692. The fourth-order valence-electron chi connectivity index (χ4n) is 1.84. The second-order valence-electron chi connectivity index (χ2n) is 4.97. The smallest absolute Gasteiger partial charge is 0.104 e. The zero-order valence-corrected chi connectivity index (χ0v) is 9.70. The van der Waals surface area contributed by atoms with E-state index in [1.165, 1.54) is 12.8 Å². The molecule has 1 fully saturated rings. The van der Waals surface area contributed by atoms with E-state index in [1.54, 1.807) is 6.26 Å². The molecule has 1 unspecified atom stereocenters. The van der Waals surface area contributed by atoms with Crippen molar-refractivity contribution in [2.45, 2.75) is 39.2 Å². The van der Waals surface area contributed by atoms with E-state index in [0.717, 1.165) is 24.8 Å². The summed E-state index contributed by atoms with van der Waals surface area (Å²) >= 11 is 0. The fourth-order valence-corrected chi connectivity index (χ4v) is 1.84. The molecule has 1 atom stereocenters. The molecule has 1 aromatic rings. The van der Waals surface area contributed by atoms with Gasteiger partial charge in [0.05, 0.1) is 6.26 Å². The van der Waals surface area contributed by atoms with Crippen molar-refractivity contribution in [3.63, 3.8) is 0 Å². The van der Waals surface area contributed by atoms with Crippen LogP contribution in [0.3, 0.4) is 0 Å². The van der Waals surface area contributed by atoms with Crippen LogP contribution < -0.4 is 5.32 Å². The summed E-state index contributed by atoms with van der Waals surface area (Å²) in [6.45, 7) is 5.72. The maximum absolute atomic E-state index is 5.41. The molecule has 1 aliphatic carbocycles. The van der Waals surface area contributed by atoms with Gasteiger partial charge in [0.1, 0.15) is 5.76 Å². The van der Waals surface area contributed by atoms with Crippen molar-refractivity contribution in [3.05, 3.63) is 24.2 Å². The minimum absolute atomic E-state index is 0.691. The van der Waals surface area contributed by atoms with Crippen molar-refractivity contribution in [1.29, 1.82) is 0 Å². The van der Waals surface area contributed by atoms with Gasteiger partial charge < -0.3 is 9.73 Å². The predicted octanol–water partition coefficient (Wildman–Crippen LogP) is 2.85. The Kier molecular flexibility index (Phi) is 3.47. The number of rotatable bonds is 6. The Morgan fingerprint density at radius 3 is 2.80 bits per heavy atom. The molecule has 2 rings (SSSR count). The molecule has 15 heavy (non-hydrogen) atoms. The first kappa shape index (κ1) is 10.7. The van der Waals surface area contributed by atoms with Crippen molar-refractivity contribution in [2.24, 2.45) is 11.8 Å². The Morgan fingerprint density at radius 1 is 1.47 bits per heavy atom. The van der Waals surface area contributed by atoms with Gasteiger partial charge in [-0.3, -0.25) is 0 Å². The van der Waals surface area contributed by atoms with Crippen LogP contribution in [0.25, 0.3) is 0 Å². The highest BCUT2D eigenvalue weighted by Gasteiger charge is 2.23. The standard InChI is InChI=1S/C13H21NO/c1-10(2)11(9-14-12-5-6-12)8-13-4-3-7-15-13/h3-4,7,10-12,14H,5-6,8-9H2,1-2H3. The molecular weight excluding hydrogens is 186 g/mol. The first-order valence-corrected chi connectivity index (χ1v) is 6.01. The third-order valence-corrected chi connectivity index (χ3v) is 3.23. The molecule has 1 heterocycles. The second-order valence-corrected chi connectivity index (χ2v) is 4.97. The number of nitrogens with one attached hydrogen (secondary N) is 1. The summed E-state index contributed by atoms with van der Waals surface area (Å²) in [5.74, 6) is 2.52. The Balaban J connectivity index is 1.81. The van der Waals surface area contributed by atoms with Gasteiger partial charge in [-0.2, -0.15) is 0 Å². The summed E-state index contributed by atoms with van der Waals surface area (Å²) in [6.07, 6.45) is 5.56. The summed E-state index contributed by atoms with van der Waals surface area (Å²) in [6, 6.07) is 4.86. The molecule has 2 heteroatoms. The number of hydrogen-bond acceptors (Lipinski definition) is 2. The van der Waals surface area contributed by atoms with Crippen LogP contribution in [-0.2, 0) is 6.42 Å². The van der Waals surface area contributed by atoms with Gasteiger partial charge >= 0.3 is 0 Å². The van der Waals surface area contributed by atoms with Gasteiger partial charge in [-0.1, -0.05) is 13.8 Å². The number of hydrogen-bond donors (Lipinski definition) is 1. The summed E-state index contributed by atoms with van der Waals surface area (Å²) < 4.78 is 5.41. The van der Waals surface area contributed by atoms with E-state index in [2.05, 4.69) is 25.2 Å². The highest BCUT2D eigenvalue weighted by molar-refractivity contribution is 5.00. The first-order valence-electron chi connectivity index (χ1n) is 6.01.